The van der Waals surface area contributed by atoms with Crippen molar-refractivity contribution < 1.29 is 14.3 Å². The van der Waals surface area contributed by atoms with E-state index in [1.165, 1.54) is 0 Å². The third-order valence-electron chi connectivity index (χ3n) is 5.27. The summed E-state index contributed by atoms with van der Waals surface area (Å²) in [4.78, 5) is 19.0. The first-order chi connectivity index (χ1) is 13.6. The van der Waals surface area contributed by atoms with Crippen molar-refractivity contribution >= 4 is 11.6 Å². The summed E-state index contributed by atoms with van der Waals surface area (Å²) in [5.41, 5.74) is 2.21. The maximum absolute atomic E-state index is 13.1. The van der Waals surface area contributed by atoms with Crippen LogP contribution in [-0.4, -0.2) is 24.1 Å². The average Bonchev–Trinajstić information content (AvgIpc) is 2.75. The topological polar surface area (TPSA) is 51.7 Å². The van der Waals surface area contributed by atoms with Gasteiger partial charge in [-0.05, 0) is 54.4 Å². The van der Waals surface area contributed by atoms with Gasteiger partial charge in [0.05, 0.1) is 13.7 Å². The van der Waals surface area contributed by atoms with Crippen LogP contribution in [-0.2, 0) is 21.7 Å². The molecular weight excluding hydrogens is 352 g/mol. The van der Waals surface area contributed by atoms with Crippen LogP contribution in [0.5, 0.6) is 5.75 Å². The van der Waals surface area contributed by atoms with E-state index in [9.17, 15) is 4.79 Å². The highest BCUT2D eigenvalue weighted by Gasteiger charge is 2.59. The fourth-order valence-corrected chi connectivity index (χ4v) is 3.72. The van der Waals surface area contributed by atoms with Crippen molar-refractivity contribution in [3.8, 4) is 5.75 Å². The number of rotatable bonds is 6. The van der Waals surface area contributed by atoms with Crippen molar-refractivity contribution in [3.63, 3.8) is 0 Å². The Morgan fingerprint density at radius 2 is 1.68 bits per heavy atom. The van der Waals surface area contributed by atoms with Crippen LogP contribution < -0.4 is 9.64 Å². The molecule has 0 N–H and O–H groups in total. The lowest BCUT2D eigenvalue weighted by Gasteiger charge is -2.55. The second-order valence-corrected chi connectivity index (χ2v) is 6.93. The van der Waals surface area contributed by atoms with Crippen molar-refractivity contribution in [1.82, 2.24) is 4.98 Å². The van der Waals surface area contributed by atoms with Crippen molar-refractivity contribution in [2.75, 3.05) is 12.0 Å². The highest BCUT2D eigenvalue weighted by atomic mass is 16.5. The van der Waals surface area contributed by atoms with Gasteiger partial charge < -0.3 is 9.47 Å². The molecule has 0 radical (unpaired) electrons. The van der Waals surface area contributed by atoms with Crippen LogP contribution in [0.2, 0.25) is 0 Å². The van der Waals surface area contributed by atoms with Crippen molar-refractivity contribution in [3.05, 3.63) is 90.3 Å². The molecule has 3 aromatic rings. The predicted octanol–water partition coefficient (Wildman–Crippen LogP) is 3.94. The zero-order valence-corrected chi connectivity index (χ0v) is 15.9. The van der Waals surface area contributed by atoms with Crippen molar-refractivity contribution in [2.45, 2.75) is 25.2 Å². The molecule has 1 amide bonds. The van der Waals surface area contributed by atoms with Gasteiger partial charge in [0.2, 0.25) is 0 Å². The number of β-lactam (4-membered cyclic amide) rings is 1. The number of anilines is 1. The molecule has 5 nitrogen and oxygen atoms in total. The summed E-state index contributed by atoms with van der Waals surface area (Å²) < 4.78 is 11.3. The second-order valence-electron chi connectivity index (χ2n) is 6.93. The highest BCUT2D eigenvalue weighted by molar-refractivity contribution is 6.07. The molecule has 1 aliphatic heterocycles. The normalized spacial score (nSPS) is 21.3. The molecule has 0 bridgehead atoms. The number of nitrogens with zero attached hydrogens (tertiary/aromatic N) is 2. The molecule has 28 heavy (non-hydrogen) atoms. The van der Waals surface area contributed by atoms with Crippen LogP contribution in [0.25, 0.3) is 0 Å². The van der Waals surface area contributed by atoms with Crippen LogP contribution in [0, 0.1) is 0 Å². The van der Waals surface area contributed by atoms with E-state index in [2.05, 4.69) is 4.98 Å². The number of benzene rings is 2. The Kier molecular flexibility index (Phi) is 4.84. The third-order valence-corrected chi connectivity index (χ3v) is 5.27. The summed E-state index contributed by atoms with van der Waals surface area (Å²) in [6.45, 7) is 2.41. The number of aromatic nitrogens is 1. The maximum atomic E-state index is 13.1. The van der Waals surface area contributed by atoms with Crippen molar-refractivity contribution in [2.24, 2.45) is 0 Å². The van der Waals surface area contributed by atoms with Crippen LogP contribution in [0.4, 0.5) is 5.69 Å². The summed E-state index contributed by atoms with van der Waals surface area (Å²) in [6.07, 6.45) is 2.91. The monoisotopic (exact) mass is 374 g/mol. The lowest BCUT2D eigenvalue weighted by molar-refractivity contribution is -0.152. The van der Waals surface area contributed by atoms with Crippen LogP contribution >= 0.6 is 0 Å². The highest BCUT2D eigenvalue weighted by Crippen LogP contribution is 2.46. The molecule has 4 rings (SSSR count). The molecule has 2 heterocycles. The van der Waals surface area contributed by atoms with Crippen LogP contribution in [0.3, 0.4) is 0 Å². The number of ether oxygens (including phenoxy) is 2. The summed E-state index contributed by atoms with van der Waals surface area (Å²) in [7, 11) is 1.62. The molecule has 2 aromatic carbocycles. The summed E-state index contributed by atoms with van der Waals surface area (Å²) in [6, 6.07) is 21.2. The Labute approximate surface area is 164 Å². The zero-order valence-electron chi connectivity index (χ0n) is 15.9. The minimum atomic E-state index is -0.622. The molecule has 1 aliphatic rings. The molecule has 2 unspecified atom stereocenters. The molecule has 2 atom stereocenters. The number of hydrogen-bond acceptors (Lipinski definition) is 4. The van der Waals surface area contributed by atoms with Gasteiger partial charge in [-0.2, -0.15) is 0 Å². The van der Waals surface area contributed by atoms with E-state index in [4.69, 9.17) is 9.47 Å². The Hall–Kier alpha value is -3.18. The van der Waals surface area contributed by atoms with Gasteiger partial charge in [-0.1, -0.05) is 30.3 Å². The predicted molar refractivity (Wildman–Crippen MR) is 107 cm³/mol. The van der Waals surface area contributed by atoms with Gasteiger partial charge in [0, 0.05) is 18.1 Å². The van der Waals surface area contributed by atoms with E-state index in [0.717, 1.165) is 22.6 Å². The Bertz CT molecular complexity index is 945. The van der Waals surface area contributed by atoms with E-state index in [-0.39, 0.29) is 5.91 Å². The number of methoxy groups -OCH3 is 1. The molecule has 1 saturated heterocycles. The molecule has 0 aliphatic carbocycles. The van der Waals surface area contributed by atoms with Gasteiger partial charge >= 0.3 is 0 Å². The lowest BCUT2D eigenvalue weighted by atomic mass is 9.76. The number of pyridine rings is 1. The number of carbonyl (C=O) groups excluding carboxylic acids is 1. The minimum absolute atomic E-state index is 0.0552. The fraction of sp³-hybridized carbons (Fsp3) is 0.217. The molecule has 1 fully saturated rings. The van der Waals surface area contributed by atoms with Gasteiger partial charge in [-0.25, -0.2) is 0 Å². The molecule has 5 heteroatoms. The van der Waals surface area contributed by atoms with Gasteiger partial charge in [0.15, 0.2) is 6.10 Å². The summed E-state index contributed by atoms with van der Waals surface area (Å²) in [5.74, 6) is 0.694. The molecule has 1 aromatic heterocycles. The maximum Gasteiger partial charge on any atom is 0.259 e. The Balaban J connectivity index is 1.65. The first kappa shape index (κ1) is 18.2. The van der Waals surface area contributed by atoms with Gasteiger partial charge in [-0.3, -0.25) is 14.7 Å². The largest absolute Gasteiger partial charge is 0.497 e. The van der Waals surface area contributed by atoms with Crippen molar-refractivity contribution in [1.29, 1.82) is 0 Å². The zero-order chi connectivity index (χ0) is 19.6. The third kappa shape index (κ3) is 3.04. The first-order valence-electron chi connectivity index (χ1n) is 9.19. The van der Waals surface area contributed by atoms with Gasteiger partial charge in [-0.15, -0.1) is 0 Å². The van der Waals surface area contributed by atoms with E-state index in [0.29, 0.717) is 6.61 Å². The molecule has 142 valence electrons. The lowest BCUT2D eigenvalue weighted by Crippen LogP contribution is -2.72. The van der Waals surface area contributed by atoms with Crippen LogP contribution in [0.1, 0.15) is 18.1 Å². The smallest absolute Gasteiger partial charge is 0.259 e. The summed E-state index contributed by atoms with van der Waals surface area (Å²) >= 11 is 0. The van der Waals surface area contributed by atoms with E-state index < -0.39 is 11.6 Å². The van der Waals surface area contributed by atoms with E-state index in [1.54, 1.807) is 24.4 Å². The second kappa shape index (κ2) is 7.44. The van der Waals surface area contributed by atoms with E-state index >= 15 is 0 Å². The minimum Gasteiger partial charge on any atom is -0.497 e. The molecule has 0 spiro atoms. The standard InChI is InChI=1S/C23H22N2O3/c1-23(18-12-14-24-15-13-18)21(28-16-17-6-4-3-5-7-17)22(26)25(23)19-8-10-20(27-2)11-9-19/h3-15,21H,16H2,1-2H3. The fourth-order valence-electron chi connectivity index (χ4n) is 3.72. The van der Waals surface area contributed by atoms with Gasteiger partial charge in [0.1, 0.15) is 11.3 Å². The number of carbonyl (C=O) groups is 1. The van der Waals surface area contributed by atoms with Gasteiger partial charge in [0.25, 0.3) is 5.91 Å². The average molecular weight is 374 g/mol. The quantitative estimate of drug-likeness (QED) is 0.614. The first-order valence-corrected chi connectivity index (χ1v) is 9.19. The van der Waals surface area contributed by atoms with Crippen LogP contribution in [0.15, 0.2) is 79.1 Å². The molecular formula is C23H22N2O3. The Morgan fingerprint density at radius 3 is 2.32 bits per heavy atom. The van der Waals surface area contributed by atoms with E-state index in [1.807, 2.05) is 73.7 Å². The SMILES string of the molecule is COc1ccc(N2C(=O)C(OCc3ccccc3)C2(C)c2ccncc2)cc1. The Morgan fingerprint density at radius 1 is 1.00 bits per heavy atom. The number of amides is 1. The number of hydrogen-bond donors (Lipinski definition) is 0. The molecule has 0 saturated carbocycles. The summed E-state index contributed by atoms with van der Waals surface area (Å²) in [5, 5.41) is 0.